The molecule has 0 spiro atoms. The van der Waals surface area contributed by atoms with Crippen molar-refractivity contribution in [2.24, 2.45) is 0 Å². The molecule has 2 aromatic carbocycles. The normalized spacial score (nSPS) is 11.6. The summed E-state index contributed by atoms with van der Waals surface area (Å²) in [6.45, 7) is 4.59. The van der Waals surface area contributed by atoms with Gasteiger partial charge in [0.2, 0.25) is 5.91 Å². The number of non-ortho nitro benzene ring substituents is 1. The van der Waals surface area contributed by atoms with Crippen molar-refractivity contribution in [1.29, 1.82) is 0 Å². The first-order valence-electron chi connectivity index (χ1n) is 10.8. The van der Waals surface area contributed by atoms with Gasteiger partial charge in [-0.1, -0.05) is 49.4 Å². The Morgan fingerprint density at radius 2 is 1.79 bits per heavy atom. The number of carbonyl (C=O) groups is 2. The van der Waals surface area contributed by atoms with Crippen LogP contribution in [-0.4, -0.2) is 39.1 Å². The van der Waals surface area contributed by atoms with Gasteiger partial charge < -0.3 is 9.80 Å². The number of nitro benzene ring substituents is 1. The Morgan fingerprint density at radius 3 is 2.42 bits per heavy atom. The van der Waals surface area contributed by atoms with Gasteiger partial charge in [0, 0.05) is 35.2 Å². The fourth-order valence-electron chi connectivity index (χ4n) is 3.44. The van der Waals surface area contributed by atoms with Crippen molar-refractivity contribution in [2.75, 3.05) is 6.54 Å². The van der Waals surface area contributed by atoms with Crippen LogP contribution in [0.15, 0.2) is 72.1 Å². The monoisotopic (exact) mass is 465 g/mol. The van der Waals surface area contributed by atoms with E-state index in [1.807, 2.05) is 61.7 Å². The lowest BCUT2D eigenvalue weighted by Gasteiger charge is -2.31. The summed E-state index contributed by atoms with van der Waals surface area (Å²) in [5, 5.41) is 13.1. The maximum absolute atomic E-state index is 13.4. The average Bonchev–Trinajstić information content (AvgIpc) is 3.35. The number of nitrogens with zero attached hydrogens (tertiary/aromatic N) is 3. The molecule has 7 nitrogen and oxygen atoms in total. The van der Waals surface area contributed by atoms with Crippen molar-refractivity contribution in [1.82, 2.24) is 9.80 Å². The molecule has 1 heterocycles. The predicted octanol–water partition coefficient (Wildman–Crippen LogP) is 5.13. The third-order valence-corrected chi connectivity index (χ3v) is 6.35. The van der Waals surface area contributed by atoms with Crippen molar-refractivity contribution in [3.63, 3.8) is 0 Å². The number of benzene rings is 2. The van der Waals surface area contributed by atoms with Gasteiger partial charge in [0.25, 0.3) is 11.6 Å². The lowest BCUT2D eigenvalue weighted by Crippen LogP contribution is -2.46. The summed E-state index contributed by atoms with van der Waals surface area (Å²) in [5.41, 5.74) is 1.05. The minimum atomic E-state index is -0.530. The molecule has 0 N–H and O–H groups in total. The van der Waals surface area contributed by atoms with E-state index in [1.54, 1.807) is 22.3 Å². The maximum Gasteiger partial charge on any atom is 0.270 e. The smallest absolute Gasteiger partial charge is 0.270 e. The molecule has 0 saturated carbocycles. The second-order valence-electron chi connectivity index (χ2n) is 7.81. The Labute approximate surface area is 197 Å². The van der Waals surface area contributed by atoms with Crippen molar-refractivity contribution in [3.05, 3.63) is 98.2 Å². The minimum Gasteiger partial charge on any atom is -0.332 e. The molecule has 2 amide bonds. The molecule has 0 aliphatic heterocycles. The van der Waals surface area contributed by atoms with Crippen molar-refractivity contribution in [2.45, 2.75) is 39.4 Å². The molecule has 0 radical (unpaired) electrons. The number of amides is 2. The van der Waals surface area contributed by atoms with E-state index in [-0.39, 0.29) is 29.7 Å². The van der Waals surface area contributed by atoms with E-state index >= 15 is 0 Å². The molecule has 3 aromatic rings. The molecule has 0 bridgehead atoms. The molecule has 0 aliphatic carbocycles. The van der Waals surface area contributed by atoms with Crippen LogP contribution >= 0.6 is 11.3 Å². The molecule has 0 fully saturated rings. The highest BCUT2D eigenvalue weighted by molar-refractivity contribution is 7.09. The lowest BCUT2D eigenvalue weighted by atomic mass is 10.1. The van der Waals surface area contributed by atoms with Crippen LogP contribution in [0.1, 0.15) is 41.1 Å². The Kier molecular flexibility index (Phi) is 8.32. The number of thiophene rings is 1. The van der Waals surface area contributed by atoms with Gasteiger partial charge in [0.1, 0.15) is 6.54 Å². The standard InChI is InChI=1S/C25H27N3O4S/c1-3-19(2)27(25(30)21-11-7-12-22(15-21)28(31)32)18-24(29)26(17-23-13-8-14-33-23)16-20-9-5-4-6-10-20/h4-15,19H,3,16-18H2,1-2H3/t19-/m0/s1. The first-order chi connectivity index (χ1) is 15.9. The number of rotatable bonds is 10. The minimum absolute atomic E-state index is 0.102. The number of nitro groups is 1. The highest BCUT2D eigenvalue weighted by Gasteiger charge is 2.27. The van der Waals surface area contributed by atoms with Gasteiger partial charge in [-0.2, -0.15) is 0 Å². The summed E-state index contributed by atoms with van der Waals surface area (Å²) in [7, 11) is 0. The first kappa shape index (κ1) is 24.1. The van der Waals surface area contributed by atoms with Crippen LogP contribution < -0.4 is 0 Å². The lowest BCUT2D eigenvalue weighted by molar-refractivity contribution is -0.384. The van der Waals surface area contributed by atoms with E-state index in [9.17, 15) is 19.7 Å². The highest BCUT2D eigenvalue weighted by atomic mass is 32.1. The SMILES string of the molecule is CC[C@H](C)N(CC(=O)N(Cc1ccccc1)Cc1cccs1)C(=O)c1cccc([N+](=O)[O-])c1. The van der Waals surface area contributed by atoms with Crippen LogP contribution in [0, 0.1) is 10.1 Å². The van der Waals surface area contributed by atoms with E-state index in [2.05, 4.69) is 0 Å². The molecular formula is C25H27N3O4S. The van der Waals surface area contributed by atoms with Crippen LogP contribution in [0.3, 0.4) is 0 Å². The van der Waals surface area contributed by atoms with Gasteiger partial charge in [0.15, 0.2) is 0 Å². The zero-order valence-corrected chi connectivity index (χ0v) is 19.5. The third-order valence-electron chi connectivity index (χ3n) is 5.49. The van der Waals surface area contributed by atoms with Crippen LogP contribution in [0.2, 0.25) is 0 Å². The Balaban J connectivity index is 1.84. The van der Waals surface area contributed by atoms with Gasteiger partial charge in [-0.25, -0.2) is 0 Å². The van der Waals surface area contributed by atoms with Crippen LogP contribution in [0.25, 0.3) is 0 Å². The number of hydrogen-bond acceptors (Lipinski definition) is 5. The van der Waals surface area contributed by atoms with E-state index in [4.69, 9.17) is 0 Å². The summed E-state index contributed by atoms with van der Waals surface area (Å²) in [4.78, 5) is 41.7. The maximum atomic E-state index is 13.4. The quantitative estimate of drug-likeness (QED) is 0.307. The average molecular weight is 466 g/mol. The fraction of sp³-hybridized carbons (Fsp3) is 0.280. The molecule has 33 heavy (non-hydrogen) atoms. The Hall–Kier alpha value is -3.52. The zero-order chi connectivity index (χ0) is 23.8. The van der Waals surface area contributed by atoms with Crippen LogP contribution in [0.5, 0.6) is 0 Å². The second-order valence-corrected chi connectivity index (χ2v) is 8.84. The molecular weight excluding hydrogens is 438 g/mol. The molecule has 3 rings (SSSR count). The van der Waals surface area contributed by atoms with Gasteiger partial charge in [-0.15, -0.1) is 11.3 Å². The van der Waals surface area contributed by atoms with E-state index < -0.39 is 10.8 Å². The molecule has 1 aromatic heterocycles. The molecule has 1 atom stereocenters. The van der Waals surface area contributed by atoms with Gasteiger partial charge in [-0.3, -0.25) is 19.7 Å². The summed E-state index contributed by atoms with van der Waals surface area (Å²) < 4.78 is 0. The predicted molar refractivity (Wildman–Crippen MR) is 129 cm³/mol. The van der Waals surface area contributed by atoms with Gasteiger partial charge >= 0.3 is 0 Å². The van der Waals surface area contributed by atoms with Crippen molar-refractivity contribution >= 4 is 28.8 Å². The highest BCUT2D eigenvalue weighted by Crippen LogP contribution is 2.19. The number of carbonyl (C=O) groups excluding carboxylic acids is 2. The Morgan fingerprint density at radius 1 is 1.03 bits per heavy atom. The Bertz CT molecular complexity index is 1090. The molecule has 172 valence electrons. The molecule has 0 saturated heterocycles. The van der Waals surface area contributed by atoms with Gasteiger partial charge in [0.05, 0.1) is 11.5 Å². The third kappa shape index (κ3) is 6.49. The second kappa shape index (κ2) is 11.4. The van der Waals surface area contributed by atoms with Crippen LogP contribution in [-0.2, 0) is 17.9 Å². The first-order valence-corrected chi connectivity index (χ1v) is 11.7. The summed E-state index contributed by atoms with van der Waals surface area (Å²) in [6, 6.07) is 19.1. The number of hydrogen-bond donors (Lipinski definition) is 0. The summed E-state index contributed by atoms with van der Waals surface area (Å²) in [5.74, 6) is -0.566. The topological polar surface area (TPSA) is 83.8 Å². The van der Waals surface area contributed by atoms with Crippen molar-refractivity contribution < 1.29 is 14.5 Å². The molecule has 0 unspecified atom stereocenters. The van der Waals surface area contributed by atoms with E-state index in [1.165, 1.54) is 23.1 Å². The van der Waals surface area contributed by atoms with E-state index in [0.29, 0.717) is 19.5 Å². The zero-order valence-electron chi connectivity index (χ0n) is 18.7. The molecule has 0 aliphatic rings. The fourth-order valence-corrected chi connectivity index (χ4v) is 4.16. The van der Waals surface area contributed by atoms with Gasteiger partial charge in [-0.05, 0) is 36.4 Å². The van der Waals surface area contributed by atoms with Crippen LogP contribution in [0.4, 0.5) is 5.69 Å². The summed E-state index contributed by atoms with van der Waals surface area (Å²) in [6.07, 6.45) is 0.650. The molecule has 8 heteroatoms. The van der Waals surface area contributed by atoms with Crippen molar-refractivity contribution in [3.8, 4) is 0 Å². The van der Waals surface area contributed by atoms with E-state index in [0.717, 1.165) is 10.4 Å². The summed E-state index contributed by atoms with van der Waals surface area (Å²) >= 11 is 1.58. The largest absolute Gasteiger partial charge is 0.332 e.